The van der Waals surface area contributed by atoms with E-state index in [2.05, 4.69) is 0 Å². The van der Waals surface area contributed by atoms with Crippen molar-refractivity contribution in [2.75, 3.05) is 0 Å². The number of halogens is 2. The van der Waals surface area contributed by atoms with Gasteiger partial charge in [-0.15, -0.1) is 0 Å². The summed E-state index contributed by atoms with van der Waals surface area (Å²) < 4.78 is 32.6. The number of nitrogens with zero attached hydrogens (tertiary/aromatic N) is 1. The van der Waals surface area contributed by atoms with Crippen molar-refractivity contribution in [3.05, 3.63) is 63.7 Å². The van der Waals surface area contributed by atoms with Crippen molar-refractivity contribution in [1.82, 2.24) is 0 Å². The van der Waals surface area contributed by atoms with Gasteiger partial charge in [0.05, 0.1) is 4.92 Å². The lowest BCUT2D eigenvalue weighted by atomic mass is 10.1. The lowest BCUT2D eigenvalue weighted by Crippen LogP contribution is -2.09. The van der Waals surface area contributed by atoms with E-state index in [1.54, 1.807) is 6.92 Å². The third-order valence-electron chi connectivity index (χ3n) is 2.81. The number of hydrogen-bond donors (Lipinski definition) is 1. The maximum absolute atomic E-state index is 13.7. The van der Waals surface area contributed by atoms with Crippen LogP contribution in [-0.4, -0.2) is 4.92 Å². The van der Waals surface area contributed by atoms with Gasteiger partial charge in [-0.2, -0.15) is 4.39 Å². The predicted molar refractivity (Wildman–Crippen MR) is 72.1 cm³/mol. The van der Waals surface area contributed by atoms with Crippen molar-refractivity contribution in [3.63, 3.8) is 0 Å². The highest BCUT2D eigenvalue weighted by atomic mass is 19.1. The second kappa shape index (κ2) is 5.84. The molecule has 0 saturated carbocycles. The summed E-state index contributed by atoms with van der Waals surface area (Å²) in [5.74, 6) is -1.41. The normalized spacial score (nSPS) is 12.0. The highest BCUT2D eigenvalue weighted by Crippen LogP contribution is 2.32. The third kappa shape index (κ3) is 3.14. The van der Waals surface area contributed by atoms with Crippen LogP contribution in [0.1, 0.15) is 18.5 Å². The lowest BCUT2D eigenvalue weighted by molar-refractivity contribution is -0.387. The SMILES string of the molecule is C[C@H](N)c1c(F)cccc1Oc1ccc([N+](=O)[O-])c(F)c1. The second-order valence-electron chi connectivity index (χ2n) is 4.41. The first-order valence-electron chi connectivity index (χ1n) is 6.06. The highest BCUT2D eigenvalue weighted by Gasteiger charge is 2.17. The van der Waals surface area contributed by atoms with Crippen LogP contribution in [0.5, 0.6) is 11.5 Å². The Kier molecular flexibility index (Phi) is 4.13. The number of ether oxygens (including phenoxy) is 1. The zero-order chi connectivity index (χ0) is 15.6. The molecule has 0 aliphatic rings. The molecule has 0 aliphatic heterocycles. The molecule has 0 spiro atoms. The molecule has 0 radical (unpaired) electrons. The van der Waals surface area contributed by atoms with E-state index in [1.165, 1.54) is 24.3 Å². The lowest BCUT2D eigenvalue weighted by Gasteiger charge is -2.14. The van der Waals surface area contributed by atoms with Crippen molar-refractivity contribution in [3.8, 4) is 11.5 Å². The summed E-state index contributed by atoms with van der Waals surface area (Å²) in [6.45, 7) is 1.59. The van der Waals surface area contributed by atoms with E-state index < -0.39 is 28.3 Å². The molecule has 2 N–H and O–H groups in total. The molecule has 0 aromatic heterocycles. The summed E-state index contributed by atoms with van der Waals surface area (Å²) in [7, 11) is 0. The Morgan fingerprint density at radius 3 is 2.52 bits per heavy atom. The van der Waals surface area contributed by atoms with Gasteiger partial charge in [-0.1, -0.05) is 6.07 Å². The monoisotopic (exact) mass is 294 g/mol. The van der Waals surface area contributed by atoms with E-state index in [1.807, 2.05) is 0 Å². The van der Waals surface area contributed by atoms with Crippen molar-refractivity contribution in [2.24, 2.45) is 5.73 Å². The summed E-state index contributed by atoms with van der Waals surface area (Å²) in [4.78, 5) is 9.70. The maximum atomic E-state index is 13.7. The summed E-state index contributed by atoms with van der Waals surface area (Å²) in [5.41, 5.74) is 5.17. The predicted octanol–water partition coefficient (Wildman–Crippen LogP) is 3.69. The molecular formula is C14H12F2N2O3. The molecule has 0 fully saturated rings. The Bertz CT molecular complexity index is 690. The zero-order valence-electron chi connectivity index (χ0n) is 11.0. The molecule has 21 heavy (non-hydrogen) atoms. The van der Waals surface area contributed by atoms with Gasteiger partial charge >= 0.3 is 5.69 Å². The van der Waals surface area contributed by atoms with Crippen LogP contribution in [0, 0.1) is 21.7 Å². The number of nitro benzene ring substituents is 1. The van der Waals surface area contributed by atoms with E-state index in [0.717, 1.165) is 12.1 Å². The van der Waals surface area contributed by atoms with Crippen molar-refractivity contribution in [1.29, 1.82) is 0 Å². The molecule has 110 valence electrons. The number of nitrogens with two attached hydrogens (primary N) is 1. The molecule has 7 heteroatoms. The molecule has 0 unspecified atom stereocenters. The first kappa shape index (κ1) is 14.9. The number of benzene rings is 2. The Labute approximate surface area is 119 Å². The van der Waals surface area contributed by atoms with Gasteiger partial charge in [0, 0.05) is 23.7 Å². The molecule has 0 aliphatic carbocycles. The average Bonchev–Trinajstić information content (AvgIpc) is 2.37. The average molecular weight is 294 g/mol. The molecule has 2 aromatic rings. The van der Waals surface area contributed by atoms with Crippen LogP contribution in [0.15, 0.2) is 36.4 Å². The molecule has 5 nitrogen and oxygen atoms in total. The van der Waals surface area contributed by atoms with E-state index in [-0.39, 0.29) is 17.1 Å². The van der Waals surface area contributed by atoms with E-state index in [9.17, 15) is 18.9 Å². The molecule has 1 atom stereocenters. The van der Waals surface area contributed by atoms with Crippen molar-refractivity contribution < 1.29 is 18.4 Å². The standard InChI is InChI=1S/C14H12F2N2O3/c1-8(17)14-10(15)3-2-4-13(14)21-9-5-6-12(18(19)20)11(16)7-9/h2-8H,17H2,1H3/t8-/m0/s1. The molecular weight excluding hydrogens is 282 g/mol. The van der Waals surface area contributed by atoms with Crippen molar-refractivity contribution in [2.45, 2.75) is 13.0 Å². The summed E-state index contributed by atoms with van der Waals surface area (Å²) in [6, 6.07) is 6.62. The smallest absolute Gasteiger partial charge is 0.305 e. The number of rotatable bonds is 4. The van der Waals surface area contributed by atoms with Gasteiger partial charge in [0.25, 0.3) is 0 Å². The number of hydrogen-bond acceptors (Lipinski definition) is 4. The van der Waals surface area contributed by atoms with Gasteiger partial charge in [-0.25, -0.2) is 4.39 Å². The van der Waals surface area contributed by atoms with Crippen LogP contribution < -0.4 is 10.5 Å². The summed E-state index contributed by atoms with van der Waals surface area (Å²) in [5, 5.41) is 10.5. The fraction of sp³-hybridized carbons (Fsp3) is 0.143. The fourth-order valence-corrected chi connectivity index (χ4v) is 1.87. The topological polar surface area (TPSA) is 78.4 Å². The Morgan fingerprint density at radius 2 is 1.95 bits per heavy atom. The van der Waals surface area contributed by atoms with Gasteiger partial charge in [-0.3, -0.25) is 10.1 Å². The molecule has 0 bridgehead atoms. The fourth-order valence-electron chi connectivity index (χ4n) is 1.87. The second-order valence-corrected chi connectivity index (χ2v) is 4.41. The van der Waals surface area contributed by atoms with Crippen LogP contribution in [0.2, 0.25) is 0 Å². The molecule has 2 rings (SSSR count). The zero-order valence-corrected chi connectivity index (χ0v) is 11.0. The number of nitro groups is 1. The largest absolute Gasteiger partial charge is 0.457 e. The minimum absolute atomic E-state index is 0.0191. The van der Waals surface area contributed by atoms with Gasteiger partial charge in [0.2, 0.25) is 5.82 Å². The Hall–Kier alpha value is -2.54. The first-order valence-corrected chi connectivity index (χ1v) is 6.06. The van der Waals surface area contributed by atoms with Gasteiger partial charge in [0.15, 0.2) is 0 Å². The van der Waals surface area contributed by atoms with Gasteiger partial charge in [-0.05, 0) is 25.1 Å². The molecule has 0 amide bonds. The summed E-state index contributed by atoms with van der Waals surface area (Å²) in [6.07, 6.45) is 0. The van der Waals surface area contributed by atoms with Gasteiger partial charge in [0.1, 0.15) is 17.3 Å². The van der Waals surface area contributed by atoms with E-state index in [0.29, 0.717) is 0 Å². The molecule has 0 saturated heterocycles. The first-order chi connectivity index (χ1) is 9.90. The van der Waals surface area contributed by atoms with Gasteiger partial charge < -0.3 is 10.5 Å². The third-order valence-corrected chi connectivity index (χ3v) is 2.81. The summed E-state index contributed by atoms with van der Waals surface area (Å²) >= 11 is 0. The van der Waals surface area contributed by atoms with Crippen LogP contribution >= 0.6 is 0 Å². The van der Waals surface area contributed by atoms with E-state index >= 15 is 0 Å². The van der Waals surface area contributed by atoms with Crippen LogP contribution in [-0.2, 0) is 0 Å². The van der Waals surface area contributed by atoms with Crippen molar-refractivity contribution >= 4 is 5.69 Å². The quantitative estimate of drug-likeness (QED) is 0.689. The van der Waals surface area contributed by atoms with Crippen LogP contribution in [0.3, 0.4) is 0 Å². The minimum Gasteiger partial charge on any atom is -0.457 e. The maximum Gasteiger partial charge on any atom is 0.305 e. The van der Waals surface area contributed by atoms with Crippen LogP contribution in [0.4, 0.5) is 14.5 Å². The Balaban J connectivity index is 2.37. The molecule has 0 heterocycles. The molecule has 2 aromatic carbocycles. The van der Waals surface area contributed by atoms with Crippen LogP contribution in [0.25, 0.3) is 0 Å². The Morgan fingerprint density at radius 1 is 1.24 bits per heavy atom. The van der Waals surface area contributed by atoms with E-state index in [4.69, 9.17) is 10.5 Å². The minimum atomic E-state index is -1.03. The highest BCUT2D eigenvalue weighted by molar-refractivity contribution is 5.43.